The van der Waals surface area contributed by atoms with Gasteiger partial charge in [-0.3, -0.25) is 4.79 Å². The molecule has 0 spiro atoms. The fourth-order valence-corrected chi connectivity index (χ4v) is 4.13. The Kier molecular flexibility index (Phi) is 8.60. The highest BCUT2D eigenvalue weighted by Gasteiger charge is 2.39. The SMILES string of the molecule is CN(C(=O)c1cc(C(F)(F)F)cc(C(F)(F)F)c1)[C@H]1CCNC[C@@H]1c1ccc(Cl)c(Cl)c1.Cl. The van der Waals surface area contributed by atoms with Gasteiger partial charge in [-0.25, -0.2) is 0 Å². The minimum absolute atomic E-state index is 0. The predicted molar refractivity (Wildman–Crippen MR) is 116 cm³/mol. The van der Waals surface area contributed by atoms with Gasteiger partial charge in [-0.1, -0.05) is 29.3 Å². The molecule has 2 atom stereocenters. The van der Waals surface area contributed by atoms with Crippen molar-refractivity contribution in [2.75, 3.05) is 20.1 Å². The molecule has 2 aromatic carbocycles. The van der Waals surface area contributed by atoms with Crippen LogP contribution in [0, 0.1) is 0 Å². The number of hydrogen-bond acceptors (Lipinski definition) is 2. The van der Waals surface area contributed by atoms with Crippen LogP contribution in [0.5, 0.6) is 0 Å². The van der Waals surface area contributed by atoms with E-state index in [-0.39, 0.29) is 24.4 Å². The summed E-state index contributed by atoms with van der Waals surface area (Å²) in [6.07, 6.45) is -9.63. The van der Waals surface area contributed by atoms with Gasteiger partial charge in [0.05, 0.1) is 21.2 Å². The summed E-state index contributed by atoms with van der Waals surface area (Å²) in [5.74, 6) is -1.22. The van der Waals surface area contributed by atoms with Crippen LogP contribution in [0.1, 0.15) is 39.4 Å². The van der Waals surface area contributed by atoms with E-state index in [0.29, 0.717) is 41.7 Å². The molecule has 1 amide bonds. The molecule has 3 nitrogen and oxygen atoms in total. The van der Waals surface area contributed by atoms with Gasteiger partial charge in [0.1, 0.15) is 0 Å². The summed E-state index contributed by atoms with van der Waals surface area (Å²) in [5.41, 5.74) is -3.00. The summed E-state index contributed by atoms with van der Waals surface area (Å²) in [4.78, 5) is 14.2. The highest BCUT2D eigenvalue weighted by atomic mass is 35.5. The Morgan fingerprint density at radius 2 is 1.55 bits per heavy atom. The van der Waals surface area contributed by atoms with Gasteiger partial charge in [-0.2, -0.15) is 26.3 Å². The quantitative estimate of drug-likeness (QED) is 0.445. The van der Waals surface area contributed by atoms with Crippen molar-refractivity contribution < 1.29 is 31.1 Å². The largest absolute Gasteiger partial charge is 0.416 e. The van der Waals surface area contributed by atoms with E-state index in [2.05, 4.69) is 5.32 Å². The van der Waals surface area contributed by atoms with Gasteiger partial charge in [-0.15, -0.1) is 12.4 Å². The van der Waals surface area contributed by atoms with Crippen molar-refractivity contribution in [3.63, 3.8) is 0 Å². The van der Waals surface area contributed by atoms with Crippen LogP contribution < -0.4 is 5.32 Å². The van der Waals surface area contributed by atoms with Crippen LogP contribution in [0.4, 0.5) is 26.3 Å². The lowest BCUT2D eigenvalue weighted by Gasteiger charge is -2.39. The molecule has 1 N–H and O–H groups in total. The molecule has 0 aromatic heterocycles. The summed E-state index contributed by atoms with van der Waals surface area (Å²) in [7, 11) is 1.37. The molecular formula is C21H19Cl3F6N2O. The van der Waals surface area contributed by atoms with Crippen molar-refractivity contribution in [2.45, 2.75) is 30.7 Å². The molecule has 0 saturated carbocycles. The lowest BCUT2D eigenvalue weighted by atomic mass is 9.85. The van der Waals surface area contributed by atoms with E-state index in [4.69, 9.17) is 23.2 Å². The van der Waals surface area contributed by atoms with Crippen molar-refractivity contribution in [1.29, 1.82) is 0 Å². The average Bonchev–Trinajstić information content (AvgIpc) is 2.73. The number of rotatable bonds is 3. The first-order chi connectivity index (χ1) is 14.8. The van der Waals surface area contributed by atoms with Crippen LogP contribution in [0.3, 0.4) is 0 Å². The molecular weight excluding hydrogens is 517 g/mol. The zero-order valence-corrected chi connectivity index (χ0v) is 19.4. The smallest absolute Gasteiger partial charge is 0.338 e. The molecule has 0 radical (unpaired) electrons. The van der Waals surface area contributed by atoms with Crippen molar-refractivity contribution in [2.24, 2.45) is 0 Å². The van der Waals surface area contributed by atoms with Crippen molar-refractivity contribution in [1.82, 2.24) is 10.2 Å². The second-order valence-corrected chi connectivity index (χ2v) is 8.37. The minimum atomic E-state index is -5.04. The summed E-state index contributed by atoms with van der Waals surface area (Å²) in [6.45, 7) is 0.965. The Bertz CT molecular complexity index is 980. The number of halogens is 9. The number of benzene rings is 2. The first-order valence-electron chi connectivity index (χ1n) is 9.51. The summed E-state index contributed by atoms with van der Waals surface area (Å²) >= 11 is 12.0. The molecule has 2 aromatic rings. The molecule has 33 heavy (non-hydrogen) atoms. The molecule has 1 aliphatic heterocycles. The van der Waals surface area contributed by atoms with Crippen LogP contribution in [-0.4, -0.2) is 37.0 Å². The second kappa shape index (κ2) is 10.3. The van der Waals surface area contributed by atoms with E-state index < -0.39 is 41.0 Å². The van der Waals surface area contributed by atoms with Gasteiger partial charge in [0.2, 0.25) is 0 Å². The van der Waals surface area contributed by atoms with Crippen LogP contribution in [0.2, 0.25) is 10.0 Å². The standard InChI is InChI=1S/C21H18Cl2F6N2O.ClH/c1-31(18-4-5-30-10-15(18)11-2-3-16(22)17(23)8-11)19(32)12-6-13(20(24,25)26)9-14(7-12)21(27,28)29;/h2-3,6-9,15,18,30H,4-5,10H2,1H3;1H/t15-,18+;/m1./s1. The summed E-state index contributed by atoms with van der Waals surface area (Å²) in [6, 6.07) is 5.37. The first kappa shape index (κ1) is 27.6. The van der Waals surface area contributed by atoms with E-state index in [9.17, 15) is 31.1 Å². The number of piperidine rings is 1. The van der Waals surface area contributed by atoms with Gasteiger partial charge in [-0.05, 0) is 48.9 Å². The van der Waals surface area contributed by atoms with E-state index in [1.807, 2.05) is 0 Å². The predicted octanol–water partition coefficient (Wildman–Crippen LogP) is 6.67. The fourth-order valence-electron chi connectivity index (χ4n) is 3.82. The lowest BCUT2D eigenvalue weighted by Crippen LogP contribution is -2.49. The molecule has 0 aliphatic carbocycles. The maximum absolute atomic E-state index is 13.2. The van der Waals surface area contributed by atoms with Crippen LogP contribution >= 0.6 is 35.6 Å². The van der Waals surface area contributed by atoms with E-state index in [0.717, 1.165) is 5.56 Å². The summed E-state index contributed by atoms with van der Waals surface area (Å²) in [5, 5.41) is 3.82. The Hall–Kier alpha value is -1.68. The maximum Gasteiger partial charge on any atom is 0.416 e. The third-order valence-corrected chi connectivity index (χ3v) is 6.21. The second-order valence-electron chi connectivity index (χ2n) is 7.55. The van der Waals surface area contributed by atoms with Gasteiger partial charge in [0.25, 0.3) is 5.91 Å². The van der Waals surface area contributed by atoms with Crippen molar-refractivity contribution >= 4 is 41.5 Å². The minimum Gasteiger partial charge on any atom is -0.338 e. The highest BCUT2D eigenvalue weighted by molar-refractivity contribution is 6.42. The molecule has 1 saturated heterocycles. The monoisotopic (exact) mass is 534 g/mol. The third kappa shape index (κ3) is 6.26. The third-order valence-electron chi connectivity index (χ3n) is 5.47. The van der Waals surface area contributed by atoms with Crippen LogP contribution in [0.25, 0.3) is 0 Å². The van der Waals surface area contributed by atoms with Crippen LogP contribution in [0.15, 0.2) is 36.4 Å². The molecule has 3 rings (SSSR count). The topological polar surface area (TPSA) is 32.3 Å². The Morgan fingerprint density at radius 3 is 2.06 bits per heavy atom. The van der Waals surface area contributed by atoms with E-state index >= 15 is 0 Å². The Morgan fingerprint density at radius 1 is 0.970 bits per heavy atom. The van der Waals surface area contributed by atoms with E-state index in [1.54, 1.807) is 18.2 Å². The molecule has 1 heterocycles. The molecule has 0 unspecified atom stereocenters. The van der Waals surface area contributed by atoms with Gasteiger partial charge < -0.3 is 10.2 Å². The number of likely N-dealkylation sites (N-methyl/N-ethyl adjacent to an activating group) is 1. The van der Waals surface area contributed by atoms with Crippen LogP contribution in [-0.2, 0) is 12.4 Å². The lowest BCUT2D eigenvalue weighted by molar-refractivity contribution is -0.143. The number of alkyl halides is 6. The fraction of sp³-hybridized carbons (Fsp3) is 0.381. The number of nitrogens with zero attached hydrogens (tertiary/aromatic N) is 1. The number of hydrogen-bond donors (Lipinski definition) is 1. The Balaban J connectivity index is 0.00000385. The van der Waals surface area contributed by atoms with Crippen molar-refractivity contribution in [3.8, 4) is 0 Å². The highest BCUT2D eigenvalue weighted by Crippen LogP contribution is 2.37. The number of nitrogens with one attached hydrogen (secondary N) is 1. The Labute approximate surface area is 202 Å². The van der Waals surface area contributed by atoms with Gasteiger partial charge >= 0.3 is 12.4 Å². The van der Waals surface area contributed by atoms with Gasteiger partial charge in [0, 0.05) is 31.1 Å². The molecule has 0 bridgehead atoms. The molecule has 12 heteroatoms. The maximum atomic E-state index is 13.2. The number of amides is 1. The average molecular weight is 536 g/mol. The molecule has 182 valence electrons. The number of carbonyl (C=O) groups is 1. The zero-order chi connectivity index (χ0) is 23.8. The van der Waals surface area contributed by atoms with Gasteiger partial charge in [0.15, 0.2) is 0 Å². The zero-order valence-electron chi connectivity index (χ0n) is 17.0. The first-order valence-corrected chi connectivity index (χ1v) is 10.3. The molecule has 1 fully saturated rings. The normalized spacial score (nSPS) is 19.1. The van der Waals surface area contributed by atoms with E-state index in [1.165, 1.54) is 11.9 Å². The van der Waals surface area contributed by atoms with Crippen molar-refractivity contribution in [3.05, 3.63) is 68.7 Å². The summed E-state index contributed by atoms with van der Waals surface area (Å²) < 4.78 is 79.1. The molecule has 1 aliphatic rings. The number of carbonyl (C=O) groups excluding carboxylic acids is 1.